The maximum atomic E-state index is 12.6. The van der Waals surface area contributed by atoms with Crippen LogP contribution in [-0.2, 0) is 4.79 Å². The van der Waals surface area contributed by atoms with Crippen LogP contribution in [0.2, 0.25) is 0 Å². The summed E-state index contributed by atoms with van der Waals surface area (Å²) in [7, 11) is 0. The van der Waals surface area contributed by atoms with Gasteiger partial charge in [-0.25, -0.2) is 0 Å². The van der Waals surface area contributed by atoms with Crippen LogP contribution in [-0.4, -0.2) is 23.4 Å². The maximum absolute atomic E-state index is 12.6. The van der Waals surface area contributed by atoms with Crippen molar-refractivity contribution >= 4 is 23.0 Å². The number of rotatable bonds is 4. The molecule has 0 spiro atoms. The number of nitro groups is 1. The number of anilines is 2. The van der Waals surface area contributed by atoms with E-state index in [1.807, 2.05) is 37.3 Å². The summed E-state index contributed by atoms with van der Waals surface area (Å²) >= 11 is 0. The van der Waals surface area contributed by atoms with E-state index in [4.69, 9.17) is 5.26 Å². The number of nitriles is 1. The summed E-state index contributed by atoms with van der Waals surface area (Å²) in [5.74, 6) is -0.123. The second kappa shape index (κ2) is 6.61. The lowest BCUT2D eigenvalue weighted by molar-refractivity contribution is -0.384. The number of carbonyl (C=O) groups excluding carboxylic acids is 1. The van der Waals surface area contributed by atoms with Gasteiger partial charge in [0, 0.05) is 18.3 Å². The zero-order valence-electron chi connectivity index (χ0n) is 13.6. The molecule has 7 heteroatoms. The lowest BCUT2D eigenvalue weighted by atomic mass is 10.1. The highest BCUT2D eigenvalue weighted by atomic mass is 16.6. The van der Waals surface area contributed by atoms with Crippen molar-refractivity contribution in [1.82, 2.24) is 0 Å². The van der Waals surface area contributed by atoms with Crippen molar-refractivity contribution < 1.29 is 9.72 Å². The Morgan fingerprint density at radius 2 is 2.00 bits per heavy atom. The van der Waals surface area contributed by atoms with E-state index in [9.17, 15) is 14.9 Å². The highest BCUT2D eigenvalue weighted by Gasteiger charge is 2.33. The zero-order valence-corrected chi connectivity index (χ0v) is 13.6. The summed E-state index contributed by atoms with van der Waals surface area (Å²) in [5, 5.41) is 23.1. The molecule has 0 aromatic heterocycles. The molecule has 1 amide bonds. The highest BCUT2D eigenvalue weighted by molar-refractivity contribution is 6.01. The Hall–Kier alpha value is -3.40. The minimum Gasteiger partial charge on any atom is -0.368 e. The summed E-state index contributed by atoms with van der Waals surface area (Å²) in [6, 6.07) is 13.2. The molecule has 1 fully saturated rings. The van der Waals surface area contributed by atoms with E-state index >= 15 is 0 Å². The minimum atomic E-state index is -0.555. The molecule has 2 aromatic rings. The first kappa shape index (κ1) is 16.5. The Morgan fingerprint density at radius 3 is 2.64 bits per heavy atom. The largest absolute Gasteiger partial charge is 0.368 e. The normalized spacial score (nSPS) is 16.6. The summed E-state index contributed by atoms with van der Waals surface area (Å²) in [6.07, 6.45) is 0.546. The van der Waals surface area contributed by atoms with Gasteiger partial charge in [-0.05, 0) is 37.6 Å². The fraction of sp³-hybridized carbons (Fsp3) is 0.222. The van der Waals surface area contributed by atoms with Gasteiger partial charge in [0.25, 0.3) is 5.69 Å². The fourth-order valence-corrected chi connectivity index (χ4v) is 2.86. The molecule has 7 nitrogen and oxygen atoms in total. The standard InChI is InChI=1S/C18H16N4O3/c1-12-2-5-14(6-3-12)21-9-8-16(18(21)23)20-15-7-4-13(11-19)10-17(15)22(24)25/h2-7,10,16,20H,8-9H2,1H3. The first-order valence-electron chi connectivity index (χ1n) is 7.82. The molecular formula is C18H16N4O3. The van der Waals surface area contributed by atoms with Gasteiger partial charge in [0.2, 0.25) is 5.91 Å². The SMILES string of the molecule is Cc1ccc(N2CCC(Nc3ccc(C#N)cc3[N+](=O)[O-])C2=O)cc1. The molecule has 1 heterocycles. The second-order valence-electron chi connectivity index (χ2n) is 5.91. The summed E-state index contributed by atoms with van der Waals surface area (Å²) in [4.78, 5) is 25.0. The van der Waals surface area contributed by atoms with E-state index in [0.717, 1.165) is 11.3 Å². The molecular weight excluding hydrogens is 320 g/mol. The van der Waals surface area contributed by atoms with Gasteiger partial charge >= 0.3 is 0 Å². The van der Waals surface area contributed by atoms with E-state index in [0.29, 0.717) is 13.0 Å². The average Bonchev–Trinajstić information content (AvgIpc) is 2.96. The van der Waals surface area contributed by atoms with Gasteiger partial charge in [0.1, 0.15) is 11.7 Å². The maximum Gasteiger partial charge on any atom is 0.293 e. The smallest absolute Gasteiger partial charge is 0.293 e. The van der Waals surface area contributed by atoms with Gasteiger partial charge in [-0.3, -0.25) is 14.9 Å². The molecule has 0 saturated carbocycles. The summed E-state index contributed by atoms with van der Waals surface area (Å²) in [5.41, 5.74) is 2.16. The number of hydrogen-bond donors (Lipinski definition) is 1. The monoisotopic (exact) mass is 336 g/mol. The molecule has 1 atom stereocenters. The van der Waals surface area contributed by atoms with E-state index < -0.39 is 11.0 Å². The quantitative estimate of drug-likeness (QED) is 0.683. The molecule has 3 rings (SSSR count). The van der Waals surface area contributed by atoms with Gasteiger partial charge < -0.3 is 10.2 Å². The van der Waals surface area contributed by atoms with Crippen LogP contribution in [0, 0.1) is 28.4 Å². The average molecular weight is 336 g/mol. The molecule has 1 saturated heterocycles. The van der Waals surface area contributed by atoms with E-state index in [1.54, 1.807) is 4.90 Å². The second-order valence-corrected chi connectivity index (χ2v) is 5.91. The molecule has 25 heavy (non-hydrogen) atoms. The molecule has 126 valence electrons. The van der Waals surface area contributed by atoms with Crippen molar-refractivity contribution in [2.24, 2.45) is 0 Å². The molecule has 1 unspecified atom stereocenters. The predicted molar refractivity (Wildman–Crippen MR) is 93.4 cm³/mol. The summed E-state index contributed by atoms with van der Waals surface area (Å²) in [6.45, 7) is 2.52. The lowest BCUT2D eigenvalue weighted by Crippen LogP contribution is -2.33. The van der Waals surface area contributed by atoms with Gasteiger partial charge in [0.05, 0.1) is 16.6 Å². The van der Waals surface area contributed by atoms with Gasteiger partial charge in [-0.1, -0.05) is 17.7 Å². The molecule has 0 bridgehead atoms. The fourth-order valence-electron chi connectivity index (χ4n) is 2.86. The molecule has 1 aliphatic heterocycles. The molecule has 2 aromatic carbocycles. The number of amides is 1. The first-order chi connectivity index (χ1) is 12.0. The summed E-state index contributed by atoms with van der Waals surface area (Å²) < 4.78 is 0. The van der Waals surface area contributed by atoms with Crippen molar-refractivity contribution in [1.29, 1.82) is 5.26 Å². The third kappa shape index (κ3) is 3.28. The number of aryl methyl sites for hydroxylation is 1. The zero-order chi connectivity index (χ0) is 18.0. The van der Waals surface area contributed by atoms with Crippen molar-refractivity contribution in [3.05, 3.63) is 63.7 Å². The Bertz CT molecular complexity index is 871. The Balaban J connectivity index is 1.81. The van der Waals surface area contributed by atoms with Gasteiger partial charge in [-0.15, -0.1) is 0 Å². The molecule has 0 aliphatic carbocycles. The van der Waals surface area contributed by atoms with E-state index in [1.165, 1.54) is 18.2 Å². The number of nitro benzene ring substituents is 1. The number of carbonyl (C=O) groups is 1. The van der Waals surface area contributed by atoms with Crippen molar-refractivity contribution in [3.63, 3.8) is 0 Å². The topological polar surface area (TPSA) is 99.3 Å². The van der Waals surface area contributed by atoms with Crippen molar-refractivity contribution in [2.75, 3.05) is 16.8 Å². The highest BCUT2D eigenvalue weighted by Crippen LogP contribution is 2.29. The number of benzene rings is 2. The van der Waals surface area contributed by atoms with Crippen LogP contribution < -0.4 is 10.2 Å². The Kier molecular flexibility index (Phi) is 4.35. The number of nitrogens with zero attached hydrogens (tertiary/aromatic N) is 3. The van der Waals surface area contributed by atoms with Gasteiger partial charge in [-0.2, -0.15) is 5.26 Å². The number of nitrogens with one attached hydrogen (secondary N) is 1. The van der Waals surface area contributed by atoms with E-state index in [-0.39, 0.29) is 22.8 Å². The molecule has 0 radical (unpaired) electrons. The molecule has 1 aliphatic rings. The molecule has 1 N–H and O–H groups in total. The minimum absolute atomic E-state index is 0.123. The van der Waals surface area contributed by atoms with Crippen LogP contribution >= 0.6 is 0 Å². The number of hydrogen-bond acceptors (Lipinski definition) is 5. The third-order valence-electron chi connectivity index (χ3n) is 4.20. The van der Waals surface area contributed by atoms with Crippen LogP contribution in [0.5, 0.6) is 0 Å². The third-order valence-corrected chi connectivity index (χ3v) is 4.20. The van der Waals surface area contributed by atoms with Crippen molar-refractivity contribution in [3.8, 4) is 6.07 Å². The van der Waals surface area contributed by atoms with Crippen LogP contribution in [0.1, 0.15) is 17.5 Å². The Labute approximate surface area is 144 Å². The van der Waals surface area contributed by atoms with Crippen LogP contribution in [0.15, 0.2) is 42.5 Å². The van der Waals surface area contributed by atoms with Crippen LogP contribution in [0.3, 0.4) is 0 Å². The lowest BCUT2D eigenvalue weighted by Gasteiger charge is -2.18. The van der Waals surface area contributed by atoms with Crippen molar-refractivity contribution in [2.45, 2.75) is 19.4 Å². The van der Waals surface area contributed by atoms with Crippen LogP contribution in [0.25, 0.3) is 0 Å². The Morgan fingerprint density at radius 1 is 1.28 bits per heavy atom. The first-order valence-corrected chi connectivity index (χ1v) is 7.82. The van der Waals surface area contributed by atoms with Gasteiger partial charge in [0.15, 0.2) is 0 Å². The van der Waals surface area contributed by atoms with E-state index in [2.05, 4.69) is 5.32 Å². The van der Waals surface area contributed by atoms with Crippen LogP contribution in [0.4, 0.5) is 17.1 Å². The predicted octanol–water partition coefficient (Wildman–Crippen LogP) is 2.99.